The molecule has 0 aliphatic carbocycles. The molecule has 3 heterocycles. The molecule has 0 radical (unpaired) electrons. The third kappa shape index (κ3) is 4.61. The summed E-state index contributed by atoms with van der Waals surface area (Å²) in [5.74, 6) is 1.90. The van der Waals surface area contributed by atoms with Gasteiger partial charge in [-0.05, 0) is 43.2 Å². The number of hydrogen-bond acceptors (Lipinski definition) is 6. The first-order valence-electron chi connectivity index (χ1n) is 10.2. The van der Waals surface area contributed by atoms with Gasteiger partial charge in [0.1, 0.15) is 11.6 Å². The van der Waals surface area contributed by atoms with Gasteiger partial charge in [-0.15, -0.1) is 0 Å². The number of benzene rings is 1. The quantitative estimate of drug-likeness (QED) is 0.642. The molecule has 1 atom stereocenters. The van der Waals surface area contributed by atoms with Crippen LogP contribution in [0.15, 0.2) is 48.8 Å². The van der Waals surface area contributed by atoms with Crippen molar-refractivity contribution < 1.29 is 9.53 Å². The van der Waals surface area contributed by atoms with Gasteiger partial charge in [0.25, 0.3) is 5.91 Å². The van der Waals surface area contributed by atoms with Crippen LogP contribution in [0.3, 0.4) is 0 Å². The van der Waals surface area contributed by atoms with Gasteiger partial charge < -0.3 is 15.0 Å². The summed E-state index contributed by atoms with van der Waals surface area (Å²) >= 11 is 6.14. The van der Waals surface area contributed by atoms with Crippen molar-refractivity contribution in [1.29, 1.82) is 0 Å². The highest BCUT2D eigenvalue weighted by Gasteiger charge is 2.28. The van der Waals surface area contributed by atoms with Crippen molar-refractivity contribution in [2.75, 3.05) is 32.6 Å². The third-order valence-electron chi connectivity index (χ3n) is 5.44. The number of aromatic nitrogens is 3. The second-order valence-corrected chi connectivity index (χ2v) is 7.86. The van der Waals surface area contributed by atoms with Crippen molar-refractivity contribution in [3.8, 4) is 17.1 Å². The number of carbonyl (C=O) groups excluding carboxylic acids is 1. The first-order valence-corrected chi connectivity index (χ1v) is 10.6. The first-order chi connectivity index (χ1) is 15.1. The average Bonchev–Trinajstić information content (AvgIpc) is 2.83. The highest BCUT2D eigenvalue weighted by atomic mass is 35.5. The topological polar surface area (TPSA) is 80.2 Å². The molecule has 2 aromatic heterocycles. The standard InChI is InChI=1S/C23H24ClN5O2/c1-25-21-12-19(27-22(28-21)15-5-3-9-26-13-15)16-6-4-10-29(14-16)23(30)18-11-17(24)7-8-20(18)31-2/h3,5,7-9,11-13,16H,4,6,10,14H2,1-2H3,(H,25,27,28)/t16-/m0/s1. The van der Waals surface area contributed by atoms with Gasteiger partial charge in [-0.25, -0.2) is 9.97 Å². The number of hydrogen-bond donors (Lipinski definition) is 1. The normalized spacial score (nSPS) is 16.1. The summed E-state index contributed by atoms with van der Waals surface area (Å²) in [6, 6.07) is 10.9. The summed E-state index contributed by atoms with van der Waals surface area (Å²) in [7, 11) is 3.39. The molecule has 4 rings (SSSR count). The molecule has 1 aliphatic rings. The van der Waals surface area contributed by atoms with E-state index in [1.807, 2.05) is 30.1 Å². The van der Waals surface area contributed by atoms with Gasteiger partial charge in [0.15, 0.2) is 5.82 Å². The SMILES string of the molecule is CNc1cc([C@H]2CCCN(C(=O)c3cc(Cl)ccc3OC)C2)nc(-c2cccnc2)n1. The highest BCUT2D eigenvalue weighted by molar-refractivity contribution is 6.31. The lowest BCUT2D eigenvalue weighted by molar-refractivity contribution is 0.0702. The lowest BCUT2D eigenvalue weighted by Crippen LogP contribution is -2.39. The number of likely N-dealkylation sites (tertiary alicyclic amines) is 1. The Bertz CT molecular complexity index is 1080. The summed E-state index contributed by atoms with van der Waals surface area (Å²) in [4.78, 5) is 28.7. The van der Waals surface area contributed by atoms with E-state index < -0.39 is 0 Å². The second-order valence-electron chi connectivity index (χ2n) is 7.43. The molecule has 1 fully saturated rings. The zero-order valence-corrected chi connectivity index (χ0v) is 18.3. The minimum Gasteiger partial charge on any atom is -0.496 e. The van der Waals surface area contributed by atoms with E-state index >= 15 is 0 Å². The number of amides is 1. The molecule has 1 aliphatic heterocycles. The number of ether oxygens (including phenoxy) is 1. The van der Waals surface area contributed by atoms with Crippen molar-refractivity contribution in [3.05, 3.63) is 65.1 Å². The number of piperidine rings is 1. The Morgan fingerprint density at radius 3 is 2.87 bits per heavy atom. The largest absolute Gasteiger partial charge is 0.496 e. The molecule has 3 aromatic rings. The Morgan fingerprint density at radius 1 is 1.26 bits per heavy atom. The summed E-state index contributed by atoms with van der Waals surface area (Å²) < 4.78 is 5.38. The number of anilines is 1. The zero-order valence-electron chi connectivity index (χ0n) is 17.5. The molecule has 7 nitrogen and oxygen atoms in total. The maximum absolute atomic E-state index is 13.3. The number of pyridine rings is 1. The summed E-state index contributed by atoms with van der Waals surface area (Å²) in [6.45, 7) is 1.26. The zero-order chi connectivity index (χ0) is 21.8. The average molecular weight is 438 g/mol. The third-order valence-corrected chi connectivity index (χ3v) is 5.68. The van der Waals surface area contributed by atoms with E-state index in [0.717, 1.165) is 29.9 Å². The number of halogens is 1. The molecule has 0 bridgehead atoms. The predicted molar refractivity (Wildman–Crippen MR) is 121 cm³/mol. The maximum atomic E-state index is 13.3. The van der Waals surface area contributed by atoms with Gasteiger partial charge in [0.2, 0.25) is 0 Å². The van der Waals surface area contributed by atoms with E-state index in [1.165, 1.54) is 0 Å². The molecule has 0 unspecified atom stereocenters. The Morgan fingerprint density at radius 2 is 2.13 bits per heavy atom. The van der Waals surface area contributed by atoms with Crippen LogP contribution in [-0.4, -0.2) is 53.0 Å². The van der Waals surface area contributed by atoms with Gasteiger partial charge >= 0.3 is 0 Å². The van der Waals surface area contributed by atoms with Crippen LogP contribution in [0.2, 0.25) is 5.02 Å². The molecule has 31 heavy (non-hydrogen) atoms. The molecule has 1 saturated heterocycles. The van der Waals surface area contributed by atoms with Crippen molar-refractivity contribution >= 4 is 23.3 Å². The maximum Gasteiger partial charge on any atom is 0.257 e. The van der Waals surface area contributed by atoms with Crippen molar-refractivity contribution in [2.45, 2.75) is 18.8 Å². The van der Waals surface area contributed by atoms with E-state index in [4.69, 9.17) is 21.3 Å². The summed E-state index contributed by atoms with van der Waals surface area (Å²) in [5.41, 5.74) is 2.24. The van der Waals surface area contributed by atoms with Crippen molar-refractivity contribution in [2.24, 2.45) is 0 Å². The lowest BCUT2D eigenvalue weighted by Gasteiger charge is -2.33. The van der Waals surface area contributed by atoms with E-state index in [0.29, 0.717) is 35.2 Å². The molecule has 0 spiro atoms. The molecular formula is C23H24ClN5O2. The lowest BCUT2D eigenvalue weighted by atomic mass is 9.93. The molecule has 0 saturated carbocycles. The van der Waals surface area contributed by atoms with Crippen LogP contribution in [-0.2, 0) is 0 Å². The van der Waals surface area contributed by atoms with Gasteiger partial charge in [-0.1, -0.05) is 11.6 Å². The molecular weight excluding hydrogens is 414 g/mol. The van der Waals surface area contributed by atoms with Gasteiger partial charge in [0, 0.05) is 55.1 Å². The predicted octanol–water partition coefficient (Wildman–Crippen LogP) is 4.26. The van der Waals surface area contributed by atoms with E-state index in [1.54, 1.807) is 37.7 Å². The van der Waals surface area contributed by atoms with Gasteiger partial charge in [-0.2, -0.15) is 0 Å². The van der Waals surface area contributed by atoms with Crippen LogP contribution in [0.1, 0.15) is 34.8 Å². The molecule has 1 aromatic carbocycles. The molecule has 1 N–H and O–H groups in total. The minimum atomic E-state index is -0.0839. The second kappa shape index (κ2) is 9.31. The Hall–Kier alpha value is -3.19. The van der Waals surface area contributed by atoms with E-state index in [2.05, 4.69) is 15.3 Å². The smallest absolute Gasteiger partial charge is 0.257 e. The molecule has 8 heteroatoms. The Kier molecular flexibility index (Phi) is 6.32. The fourth-order valence-electron chi connectivity index (χ4n) is 3.85. The molecule has 160 valence electrons. The monoisotopic (exact) mass is 437 g/mol. The number of methoxy groups -OCH3 is 1. The fraction of sp³-hybridized carbons (Fsp3) is 0.304. The van der Waals surface area contributed by atoms with Crippen molar-refractivity contribution in [3.63, 3.8) is 0 Å². The summed E-state index contributed by atoms with van der Waals surface area (Å²) in [6.07, 6.45) is 5.31. The van der Waals surface area contributed by atoms with E-state index in [9.17, 15) is 4.79 Å². The van der Waals surface area contributed by atoms with Gasteiger partial charge in [-0.3, -0.25) is 9.78 Å². The molecule has 1 amide bonds. The number of nitrogens with zero attached hydrogens (tertiary/aromatic N) is 4. The minimum absolute atomic E-state index is 0.0839. The summed E-state index contributed by atoms with van der Waals surface area (Å²) in [5, 5.41) is 3.62. The van der Waals surface area contributed by atoms with Crippen molar-refractivity contribution in [1.82, 2.24) is 19.9 Å². The number of nitrogens with one attached hydrogen (secondary N) is 1. The highest BCUT2D eigenvalue weighted by Crippen LogP contribution is 2.31. The van der Waals surface area contributed by atoms with Crippen LogP contribution in [0, 0.1) is 0 Å². The van der Waals surface area contributed by atoms with Gasteiger partial charge in [0.05, 0.1) is 18.4 Å². The van der Waals surface area contributed by atoms with E-state index in [-0.39, 0.29) is 11.8 Å². The number of rotatable bonds is 5. The Labute approximate surface area is 186 Å². The van der Waals surface area contributed by atoms with Crippen LogP contribution < -0.4 is 10.1 Å². The van der Waals surface area contributed by atoms with Crippen LogP contribution in [0.25, 0.3) is 11.4 Å². The Balaban J connectivity index is 1.62. The number of carbonyl (C=O) groups is 1. The first kappa shape index (κ1) is 21.1. The van der Waals surface area contributed by atoms with Crippen LogP contribution in [0.5, 0.6) is 5.75 Å². The van der Waals surface area contributed by atoms with Crippen LogP contribution >= 0.6 is 11.6 Å². The van der Waals surface area contributed by atoms with Crippen LogP contribution in [0.4, 0.5) is 5.82 Å². The fourth-order valence-corrected chi connectivity index (χ4v) is 4.02.